The van der Waals surface area contributed by atoms with Gasteiger partial charge in [0.2, 0.25) is 0 Å². The van der Waals surface area contributed by atoms with E-state index in [9.17, 15) is 4.79 Å². The van der Waals surface area contributed by atoms with E-state index in [1.807, 2.05) is 4.90 Å². The van der Waals surface area contributed by atoms with E-state index in [4.69, 9.17) is 14.3 Å². The third-order valence-corrected chi connectivity index (χ3v) is 4.83. The van der Waals surface area contributed by atoms with Crippen molar-refractivity contribution in [2.45, 2.75) is 56.3 Å². The molecule has 2 bridgehead atoms. The summed E-state index contributed by atoms with van der Waals surface area (Å²) in [6.07, 6.45) is 9.19. The van der Waals surface area contributed by atoms with Crippen molar-refractivity contribution in [3.8, 4) is 0 Å². The minimum atomic E-state index is -0.0390. The van der Waals surface area contributed by atoms with Crippen LogP contribution in [0.5, 0.6) is 0 Å². The number of fused-ring (bicyclic) bond motifs is 3. The van der Waals surface area contributed by atoms with E-state index >= 15 is 0 Å². The number of nitrogens with zero attached hydrogens (tertiary/aromatic N) is 2. The van der Waals surface area contributed by atoms with Crippen LogP contribution >= 0.6 is 0 Å². The lowest BCUT2D eigenvalue weighted by atomic mass is 10.1. The SMILES string of the molecule is COC[C@H]1CC[C@H](COC)N1C(=O)N1O[C@@H]2C=C[C@H]1CCC2. The molecule has 0 unspecified atom stereocenters. The second kappa shape index (κ2) is 6.98. The van der Waals surface area contributed by atoms with Crippen molar-refractivity contribution in [3.63, 3.8) is 0 Å². The van der Waals surface area contributed by atoms with Gasteiger partial charge in [0.05, 0.1) is 31.3 Å². The number of rotatable bonds is 4. The molecule has 3 aliphatic heterocycles. The fourth-order valence-corrected chi connectivity index (χ4v) is 3.77. The van der Waals surface area contributed by atoms with Crippen LogP contribution in [0, 0.1) is 0 Å². The molecule has 0 aromatic carbocycles. The molecule has 4 rings (SSSR count). The third-order valence-electron chi connectivity index (χ3n) is 4.83. The van der Waals surface area contributed by atoms with Gasteiger partial charge in [-0.3, -0.25) is 4.84 Å². The molecular formula is C16H26N2O4. The smallest absolute Gasteiger partial charge is 0.345 e. The highest BCUT2D eigenvalue weighted by Gasteiger charge is 2.42. The summed E-state index contributed by atoms with van der Waals surface area (Å²) in [6.45, 7) is 1.12. The van der Waals surface area contributed by atoms with Gasteiger partial charge in [0.1, 0.15) is 6.10 Å². The first kappa shape index (κ1) is 15.8. The van der Waals surface area contributed by atoms with Gasteiger partial charge in [0, 0.05) is 14.2 Å². The molecule has 1 aliphatic carbocycles. The molecule has 6 nitrogen and oxygen atoms in total. The molecule has 2 saturated heterocycles. The van der Waals surface area contributed by atoms with Crippen molar-refractivity contribution < 1.29 is 19.1 Å². The fourth-order valence-electron chi connectivity index (χ4n) is 3.77. The van der Waals surface area contributed by atoms with Gasteiger partial charge in [-0.1, -0.05) is 12.2 Å². The Morgan fingerprint density at radius 1 is 1.09 bits per heavy atom. The molecule has 2 amide bonds. The van der Waals surface area contributed by atoms with Crippen molar-refractivity contribution in [3.05, 3.63) is 12.2 Å². The third kappa shape index (κ3) is 3.00. The number of carbonyl (C=O) groups excluding carboxylic acids is 1. The highest BCUT2D eigenvalue weighted by atomic mass is 16.7. The summed E-state index contributed by atoms with van der Waals surface area (Å²) in [5, 5.41) is 1.59. The lowest BCUT2D eigenvalue weighted by Crippen LogP contribution is -2.54. The van der Waals surface area contributed by atoms with Crippen LogP contribution < -0.4 is 0 Å². The Balaban J connectivity index is 1.77. The molecule has 0 aromatic rings. The number of amides is 2. The molecule has 0 N–H and O–H groups in total. The lowest BCUT2D eigenvalue weighted by molar-refractivity contribution is -0.169. The van der Waals surface area contributed by atoms with Gasteiger partial charge < -0.3 is 14.4 Å². The van der Waals surface area contributed by atoms with Crippen LogP contribution in [0.15, 0.2) is 12.2 Å². The number of carbonyl (C=O) groups is 1. The molecule has 3 heterocycles. The van der Waals surface area contributed by atoms with Crippen molar-refractivity contribution in [1.29, 1.82) is 0 Å². The van der Waals surface area contributed by atoms with Gasteiger partial charge in [-0.15, -0.1) is 0 Å². The molecule has 6 heteroatoms. The molecular weight excluding hydrogens is 284 g/mol. The van der Waals surface area contributed by atoms with Crippen molar-refractivity contribution >= 4 is 6.03 Å². The summed E-state index contributed by atoms with van der Waals surface area (Å²) in [7, 11) is 3.36. The highest BCUT2D eigenvalue weighted by molar-refractivity contribution is 5.75. The van der Waals surface area contributed by atoms with Crippen LogP contribution in [0.1, 0.15) is 32.1 Å². The van der Waals surface area contributed by atoms with Crippen LogP contribution in [-0.4, -0.2) is 67.7 Å². The fraction of sp³-hybridized carbons (Fsp3) is 0.812. The van der Waals surface area contributed by atoms with E-state index in [0.29, 0.717) is 13.2 Å². The zero-order valence-corrected chi connectivity index (χ0v) is 13.4. The molecule has 4 aliphatic rings. The summed E-state index contributed by atoms with van der Waals surface area (Å²) in [5.74, 6) is 0. The van der Waals surface area contributed by atoms with Gasteiger partial charge in [-0.25, -0.2) is 4.79 Å². The molecule has 4 atom stereocenters. The van der Waals surface area contributed by atoms with E-state index in [-0.39, 0.29) is 30.3 Å². The number of likely N-dealkylation sites (tertiary alicyclic amines) is 1. The Labute approximate surface area is 131 Å². The van der Waals surface area contributed by atoms with Crippen LogP contribution in [0.2, 0.25) is 0 Å². The Hall–Kier alpha value is -1.11. The predicted molar refractivity (Wildman–Crippen MR) is 81.3 cm³/mol. The second-order valence-corrected chi connectivity index (χ2v) is 6.34. The van der Waals surface area contributed by atoms with E-state index in [1.54, 1.807) is 19.3 Å². The van der Waals surface area contributed by atoms with Gasteiger partial charge in [-0.05, 0) is 32.1 Å². The second-order valence-electron chi connectivity index (χ2n) is 6.34. The monoisotopic (exact) mass is 310 g/mol. The molecule has 0 spiro atoms. The van der Waals surface area contributed by atoms with E-state index < -0.39 is 0 Å². The minimum Gasteiger partial charge on any atom is -0.383 e. The largest absolute Gasteiger partial charge is 0.383 e. The maximum absolute atomic E-state index is 13.1. The summed E-state index contributed by atoms with van der Waals surface area (Å²) >= 11 is 0. The number of hydrogen-bond acceptors (Lipinski definition) is 4. The average Bonchev–Trinajstić information content (AvgIpc) is 2.70. The van der Waals surface area contributed by atoms with Gasteiger partial charge in [0.15, 0.2) is 0 Å². The first-order valence-corrected chi connectivity index (χ1v) is 8.19. The van der Waals surface area contributed by atoms with E-state index in [2.05, 4.69) is 12.2 Å². The highest BCUT2D eigenvalue weighted by Crippen LogP contribution is 2.31. The summed E-state index contributed by atoms with van der Waals surface area (Å²) < 4.78 is 10.6. The van der Waals surface area contributed by atoms with Gasteiger partial charge >= 0.3 is 6.03 Å². The normalized spacial score (nSPS) is 34.3. The minimum absolute atomic E-state index is 0.0343. The summed E-state index contributed by atoms with van der Waals surface area (Å²) in [5.41, 5.74) is 0. The standard InChI is InChI=1S/C16H26N2O4/c1-20-10-13-6-7-14(11-21-2)17(13)16(19)18-12-4-3-5-15(22-18)9-8-12/h8-9,12-15H,3-7,10-11H2,1-2H3/t12-,13-,14-,15+/m1/s1. The summed E-state index contributed by atoms with van der Waals surface area (Å²) in [4.78, 5) is 20.9. The van der Waals surface area contributed by atoms with Crippen molar-refractivity contribution in [2.24, 2.45) is 0 Å². The molecule has 22 heavy (non-hydrogen) atoms. The number of hydroxylamine groups is 2. The number of urea groups is 1. The number of hydrogen-bond donors (Lipinski definition) is 0. The van der Waals surface area contributed by atoms with E-state index in [0.717, 1.165) is 32.1 Å². The van der Waals surface area contributed by atoms with Crippen LogP contribution in [0.4, 0.5) is 4.79 Å². The first-order chi connectivity index (χ1) is 10.7. The molecule has 0 radical (unpaired) electrons. The maximum Gasteiger partial charge on any atom is 0.345 e. The van der Waals surface area contributed by atoms with Crippen LogP contribution in [0.3, 0.4) is 0 Å². The average molecular weight is 310 g/mol. The van der Waals surface area contributed by atoms with Crippen molar-refractivity contribution in [1.82, 2.24) is 9.96 Å². The number of ether oxygens (including phenoxy) is 2. The zero-order chi connectivity index (χ0) is 15.5. The first-order valence-electron chi connectivity index (χ1n) is 8.19. The van der Waals surface area contributed by atoms with E-state index in [1.165, 1.54) is 0 Å². The van der Waals surface area contributed by atoms with Crippen LogP contribution in [0.25, 0.3) is 0 Å². The van der Waals surface area contributed by atoms with Gasteiger partial charge in [-0.2, -0.15) is 5.06 Å². The van der Waals surface area contributed by atoms with Crippen molar-refractivity contribution in [2.75, 3.05) is 27.4 Å². The lowest BCUT2D eigenvalue weighted by Gasteiger charge is -2.38. The Morgan fingerprint density at radius 3 is 2.41 bits per heavy atom. The van der Waals surface area contributed by atoms with Crippen LogP contribution in [-0.2, 0) is 14.3 Å². The number of methoxy groups -OCH3 is 2. The molecule has 124 valence electrons. The Kier molecular flexibility index (Phi) is 5.00. The maximum atomic E-state index is 13.1. The molecule has 0 aromatic heterocycles. The quantitative estimate of drug-likeness (QED) is 0.745. The topological polar surface area (TPSA) is 51.2 Å². The molecule has 0 saturated carbocycles. The zero-order valence-electron chi connectivity index (χ0n) is 13.4. The molecule has 2 fully saturated rings. The Morgan fingerprint density at radius 2 is 1.77 bits per heavy atom. The Bertz CT molecular complexity index is 414. The summed E-state index contributed by atoms with van der Waals surface area (Å²) in [6, 6.07) is 0.222. The predicted octanol–water partition coefficient (Wildman–Crippen LogP) is 1.96. The van der Waals surface area contributed by atoms with Gasteiger partial charge in [0.25, 0.3) is 0 Å².